The van der Waals surface area contributed by atoms with Gasteiger partial charge in [0.05, 0.1) is 32.3 Å². The Morgan fingerprint density at radius 1 is 1.21 bits per heavy atom. The molecule has 4 rings (SSSR count). The predicted molar refractivity (Wildman–Crippen MR) is 134 cm³/mol. The minimum absolute atomic E-state index is 0.0182. The molecule has 0 bridgehead atoms. The highest BCUT2D eigenvalue weighted by Crippen LogP contribution is 2.23. The average molecular weight is 604 g/mol. The van der Waals surface area contributed by atoms with E-state index in [1.165, 1.54) is 4.57 Å². The lowest BCUT2D eigenvalue weighted by atomic mass is 10.2. The molecule has 1 unspecified atom stereocenters. The normalized spacial score (nSPS) is 11.8. The summed E-state index contributed by atoms with van der Waals surface area (Å²) < 4.78 is 20.9. The van der Waals surface area contributed by atoms with Gasteiger partial charge in [-0.15, -0.1) is 0 Å². The molecular weight excluding hydrogens is 584 g/mol. The van der Waals surface area contributed by atoms with Gasteiger partial charge in [0.25, 0.3) is 11.6 Å². The quantitative estimate of drug-likeness (QED) is 0.164. The number of ether oxygens (including phenoxy) is 1. The Kier molecular flexibility index (Phi) is 7.52. The van der Waals surface area contributed by atoms with E-state index in [0.717, 1.165) is 10.1 Å². The van der Waals surface area contributed by atoms with Gasteiger partial charge in [0.15, 0.2) is 17.8 Å². The van der Waals surface area contributed by atoms with Crippen LogP contribution >= 0.6 is 40.1 Å². The van der Waals surface area contributed by atoms with Crippen molar-refractivity contribution in [2.45, 2.75) is 26.6 Å². The number of oxazole rings is 1. The van der Waals surface area contributed by atoms with Gasteiger partial charge in [-0.05, 0) is 46.7 Å². The minimum atomic E-state index is -0.473. The van der Waals surface area contributed by atoms with E-state index in [9.17, 15) is 9.59 Å². The fourth-order valence-corrected chi connectivity index (χ4v) is 4.30. The second-order valence-electron chi connectivity index (χ2n) is 7.16. The number of rotatable bonds is 9. The predicted octanol–water partition coefficient (Wildman–Crippen LogP) is 3.43. The zero-order valence-electron chi connectivity index (χ0n) is 17.7. The summed E-state index contributed by atoms with van der Waals surface area (Å²) in [6.45, 7) is 2.71. The zero-order chi connectivity index (χ0) is 23.5. The summed E-state index contributed by atoms with van der Waals surface area (Å²) in [5.74, 6) is 1.03. The number of nitrogens with zero attached hydrogens (tertiary/aromatic N) is 5. The number of hydrogen-bond donors (Lipinski definition) is 0. The number of benzene rings is 1. The fraction of sp³-hybridized carbons (Fsp3) is 0.300. The SMILES string of the molecule is Cc1cnc(COc2nc3c(c(=O)n(CCOPI)c(=O)n3C)n2Cc2ccc(Cl)cc2)o1. The summed E-state index contributed by atoms with van der Waals surface area (Å²) in [6, 6.07) is 7.41. The van der Waals surface area contributed by atoms with Gasteiger partial charge in [-0.25, -0.2) is 9.78 Å². The van der Waals surface area contributed by atoms with Crippen molar-refractivity contribution in [3.05, 3.63) is 73.5 Å². The molecule has 3 aromatic heterocycles. The number of hydrogen-bond acceptors (Lipinski definition) is 7. The zero-order valence-corrected chi connectivity index (χ0v) is 21.7. The van der Waals surface area contributed by atoms with E-state index in [0.29, 0.717) is 16.7 Å². The molecule has 0 spiro atoms. The highest BCUT2D eigenvalue weighted by Gasteiger charge is 2.22. The van der Waals surface area contributed by atoms with E-state index in [1.807, 2.05) is 12.1 Å². The lowest BCUT2D eigenvalue weighted by Crippen LogP contribution is -2.40. The lowest BCUT2D eigenvalue weighted by Gasteiger charge is -2.11. The molecule has 1 aromatic carbocycles. The Hall–Kier alpha value is -2.21. The Bertz CT molecular complexity index is 1400. The van der Waals surface area contributed by atoms with Crippen LogP contribution in [0.2, 0.25) is 5.02 Å². The molecule has 13 heteroatoms. The van der Waals surface area contributed by atoms with Gasteiger partial charge in [-0.1, -0.05) is 23.7 Å². The van der Waals surface area contributed by atoms with Crippen molar-refractivity contribution in [3.8, 4) is 6.01 Å². The Balaban J connectivity index is 1.82. The first-order valence-electron chi connectivity index (χ1n) is 9.85. The molecule has 0 fully saturated rings. The molecule has 1 atom stereocenters. The molecule has 0 amide bonds. The molecule has 0 aliphatic heterocycles. The molecular formula is C20H20ClIN5O5P. The van der Waals surface area contributed by atoms with Crippen molar-refractivity contribution in [2.24, 2.45) is 7.05 Å². The summed E-state index contributed by atoms with van der Waals surface area (Å²) in [7, 11) is 1.57. The van der Waals surface area contributed by atoms with Gasteiger partial charge in [0.2, 0.25) is 5.89 Å². The molecule has 0 saturated carbocycles. The van der Waals surface area contributed by atoms with Crippen LogP contribution in [0, 0.1) is 6.92 Å². The first kappa shape index (κ1) is 23.9. The molecule has 0 N–H and O–H groups in total. The highest BCUT2D eigenvalue weighted by molar-refractivity contribution is 14.2. The van der Waals surface area contributed by atoms with Crippen LogP contribution in [0.4, 0.5) is 0 Å². The third-order valence-electron chi connectivity index (χ3n) is 4.92. The Morgan fingerprint density at radius 3 is 2.64 bits per heavy atom. The molecule has 0 saturated heterocycles. The maximum absolute atomic E-state index is 13.4. The van der Waals surface area contributed by atoms with Gasteiger partial charge >= 0.3 is 5.69 Å². The molecule has 0 aliphatic carbocycles. The molecule has 4 aromatic rings. The van der Waals surface area contributed by atoms with Crippen LogP contribution in [0.1, 0.15) is 17.2 Å². The van der Waals surface area contributed by atoms with Crippen LogP contribution in [0.5, 0.6) is 6.01 Å². The topological polar surface area (TPSA) is 106 Å². The molecule has 0 aliphatic rings. The number of aromatic nitrogens is 5. The monoisotopic (exact) mass is 603 g/mol. The van der Waals surface area contributed by atoms with Crippen LogP contribution in [0.25, 0.3) is 11.2 Å². The summed E-state index contributed by atoms with van der Waals surface area (Å²) in [6.07, 6.45) is 1.59. The smallest absolute Gasteiger partial charge is 0.332 e. The number of fused-ring (bicyclic) bond motifs is 1. The molecule has 33 heavy (non-hydrogen) atoms. The number of imidazole rings is 1. The van der Waals surface area contributed by atoms with Crippen LogP contribution < -0.4 is 16.0 Å². The Morgan fingerprint density at radius 2 is 1.97 bits per heavy atom. The van der Waals surface area contributed by atoms with Crippen LogP contribution in [0.3, 0.4) is 0 Å². The lowest BCUT2D eigenvalue weighted by molar-refractivity contribution is 0.234. The van der Waals surface area contributed by atoms with E-state index in [1.54, 1.807) is 36.9 Å². The summed E-state index contributed by atoms with van der Waals surface area (Å²) in [5, 5.41) is 0.603. The van der Waals surface area contributed by atoms with Gasteiger partial charge in [-0.3, -0.25) is 18.5 Å². The molecule has 3 heterocycles. The highest BCUT2D eigenvalue weighted by atomic mass is 127. The van der Waals surface area contributed by atoms with Gasteiger partial charge in [0, 0.05) is 12.1 Å². The first-order valence-corrected chi connectivity index (χ1v) is 14.2. The largest absolute Gasteiger partial charge is 0.455 e. The molecule has 10 nitrogen and oxygen atoms in total. The number of halogens is 2. The third-order valence-corrected chi connectivity index (χ3v) is 6.42. The standard InChI is InChI=1S/C20H20ClIN5O5P/c1-12-9-23-15(32-12)11-30-19-24-17-16(27(19)10-13-3-5-14(21)6-4-13)18(28)26(7-8-31-33-22)20(29)25(17)2/h3-6,9,33H,7-8,10-11H2,1-2H3. The fourth-order valence-electron chi connectivity index (χ4n) is 3.35. The maximum Gasteiger partial charge on any atom is 0.332 e. The van der Waals surface area contributed by atoms with E-state index in [4.69, 9.17) is 25.3 Å². The van der Waals surface area contributed by atoms with E-state index < -0.39 is 11.2 Å². The van der Waals surface area contributed by atoms with Gasteiger partial charge in [-0.2, -0.15) is 4.98 Å². The summed E-state index contributed by atoms with van der Waals surface area (Å²) >= 11 is 8.11. The first-order chi connectivity index (χ1) is 15.9. The van der Waals surface area contributed by atoms with Crippen molar-refractivity contribution in [1.82, 2.24) is 23.7 Å². The second-order valence-corrected chi connectivity index (χ2v) is 9.36. The average Bonchev–Trinajstić information content (AvgIpc) is 3.38. The van der Waals surface area contributed by atoms with E-state index in [-0.39, 0.29) is 49.9 Å². The van der Waals surface area contributed by atoms with Crippen molar-refractivity contribution in [1.29, 1.82) is 0 Å². The van der Waals surface area contributed by atoms with Crippen molar-refractivity contribution >= 4 is 51.3 Å². The molecule has 174 valence electrons. The van der Waals surface area contributed by atoms with Crippen molar-refractivity contribution in [3.63, 3.8) is 0 Å². The van der Waals surface area contributed by atoms with E-state index in [2.05, 4.69) is 32.0 Å². The number of aryl methyl sites for hydroxylation is 2. The Labute approximate surface area is 207 Å². The van der Waals surface area contributed by atoms with Crippen LogP contribution in [0.15, 0.2) is 44.5 Å². The van der Waals surface area contributed by atoms with Crippen molar-refractivity contribution < 1.29 is 13.7 Å². The van der Waals surface area contributed by atoms with Gasteiger partial charge < -0.3 is 13.7 Å². The van der Waals surface area contributed by atoms with E-state index >= 15 is 0 Å². The van der Waals surface area contributed by atoms with Crippen LogP contribution in [-0.2, 0) is 31.3 Å². The summed E-state index contributed by atoms with van der Waals surface area (Å²) in [4.78, 5) is 34.8. The van der Waals surface area contributed by atoms with Gasteiger partial charge in [0.1, 0.15) is 5.76 Å². The summed E-state index contributed by atoms with van der Waals surface area (Å²) in [5.41, 5.74) is 0.425. The third kappa shape index (κ3) is 5.16. The van der Waals surface area contributed by atoms with Crippen molar-refractivity contribution in [2.75, 3.05) is 6.61 Å². The second kappa shape index (κ2) is 10.4. The molecule has 0 radical (unpaired) electrons. The van der Waals surface area contributed by atoms with Crippen LogP contribution in [-0.4, -0.2) is 30.3 Å². The maximum atomic E-state index is 13.4. The minimum Gasteiger partial charge on any atom is -0.455 e.